The fraction of sp³-hybridized carbons (Fsp3) is 0.588. The van der Waals surface area contributed by atoms with E-state index in [1.807, 2.05) is 18.2 Å². The Kier molecular flexibility index (Phi) is 7.13. The lowest BCUT2D eigenvalue weighted by atomic mass is 9.76. The van der Waals surface area contributed by atoms with Crippen LogP contribution < -0.4 is 11.1 Å². The number of hydrogen-bond donors (Lipinski definition) is 2. The highest BCUT2D eigenvalue weighted by Crippen LogP contribution is 2.32. The molecule has 0 bridgehead atoms. The Labute approximate surface area is 142 Å². The summed E-state index contributed by atoms with van der Waals surface area (Å²) in [4.78, 5) is 12.1. The summed E-state index contributed by atoms with van der Waals surface area (Å²) in [6, 6.07) is 6.00. The van der Waals surface area contributed by atoms with Gasteiger partial charge in [-0.15, -0.1) is 0 Å². The van der Waals surface area contributed by atoms with E-state index in [1.165, 1.54) is 9.13 Å². The van der Waals surface area contributed by atoms with Gasteiger partial charge in [0, 0.05) is 15.7 Å². The van der Waals surface area contributed by atoms with Crippen molar-refractivity contribution in [2.75, 3.05) is 11.9 Å². The molecule has 0 aliphatic carbocycles. The molecule has 1 aromatic rings. The molecule has 1 amide bonds. The molecule has 21 heavy (non-hydrogen) atoms. The highest BCUT2D eigenvalue weighted by Gasteiger charge is 2.24. The zero-order valence-electron chi connectivity index (χ0n) is 13.5. The van der Waals surface area contributed by atoms with Gasteiger partial charge in [0.2, 0.25) is 5.91 Å². The molecule has 1 atom stereocenters. The minimum Gasteiger partial charge on any atom is -0.330 e. The molecule has 0 fully saturated rings. The lowest BCUT2D eigenvalue weighted by molar-refractivity contribution is -0.116. The number of carbonyl (C=O) groups is 1. The first-order valence-electron chi connectivity index (χ1n) is 7.50. The van der Waals surface area contributed by atoms with Crippen LogP contribution in [0.5, 0.6) is 0 Å². The van der Waals surface area contributed by atoms with E-state index in [4.69, 9.17) is 5.73 Å². The van der Waals surface area contributed by atoms with Crippen molar-refractivity contribution < 1.29 is 4.79 Å². The SMILES string of the molecule is Cc1ccc(NC(=O)CCC(CCN)C(C)(C)C)cc1I. The molecule has 0 saturated carbocycles. The Morgan fingerprint density at radius 2 is 2.00 bits per heavy atom. The third kappa shape index (κ3) is 6.34. The average Bonchev–Trinajstić information content (AvgIpc) is 2.37. The highest BCUT2D eigenvalue weighted by atomic mass is 127. The van der Waals surface area contributed by atoms with Gasteiger partial charge in [-0.2, -0.15) is 0 Å². The molecule has 0 aliphatic rings. The van der Waals surface area contributed by atoms with E-state index in [1.54, 1.807) is 0 Å². The number of amides is 1. The number of anilines is 1. The van der Waals surface area contributed by atoms with Gasteiger partial charge >= 0.3 is 0 Å². The smallest absolute Gasteiger partial charge is 0.224 e. The summed E-state index contributed by atoms with van der Waals surface area (Å²) >= 11 is 2.28. The molecular weight excluding hydrogens is 375 g/mol. The Bertz CT molecular complexity index is 480. The molecule has 0 heterocycles. The van der Waals surface area contributed by atoms with Crippen molar-refractivity contribution in [2.24, 2.45) is 17.1 Å². The van der Waals surface area contributed by atoms with Crippen molar-refractivity contribution in [1.82, 2.24) is 0 Å². The Morgan fingerprint density at radius 1 is 1.33 bits per heavy atom. The second-order valence-corrected chi connectivity index (χ2v) is 7.85. The fourth-order valence-electron chi connectivity index (χ4n) is 2.41. The van der Waals surface area contributed by atoms with E-state index in [2.05, 4.69) is 55.6 Å². The third-order valence-electron chi connectivity index (χ3n) is 3.92. The number of benzene rings is 1. The number of carbonyl (C=O) groups excluding carboxylic acids is 1. The van der Waals surface area contributed by atoms with Crippen molar-refractivity contribution in [3.63, 3.8) is 0 Å². The number of halogens is 1. The zero-order chi connectivity index (χ0) is 16.0. The first kappa shape index (κ1) is 18.4. The highest BCUT2D eigenvalue weighted by molar-refractivity contribution is 14.1. The fourth-order valence-corrected chi connectivity index (χ4v) is 2.93. The van der Waals surface area contributed by atoms with Gasteiger partial charge < -0.3 is 11.1 Å². The van der Waals surface area contributed by atoms with E-state index in [0.29, 0.717) is 18.9 Å². The van der Waals surface area contributed by atoms with Crippen molar-refractivity contribution in [2.45, 2.75) is 47.0 Å². The summed E-state index contributed by atoms with van der Waals surface area (Å²) in [6.45, 7) is 9.39. The monoisotopic (exact) mass is 402 g/mol. The van der Waals surface area contributed by atoms with Crippen LogP contribution in [0, 0.1) is 21.8 Å². The topological polar surface area (TPSA) is 55.1 Å². The van der Waals surface area contributed by atoms with Gasteiger partial charge in [0.1, 0.15) is 0 Å². The maximum atomic E-state index is 12.1. The van der Waals surface area contributed by atoms with E-state index < -0.39 is 0 Å². The number of nitrogens with two attached hydrogens (primary N) is 1. The summed E-state index contributed by atoms with van der Waals surface area (Å²) in [5.74, 6) is 0.562. The summed E-state index contributed by atoms with van der Waals surface area (Å²) in [7, 11) is 0. The molecular formula is C17H27IN2O. The van der Waals surface area contributed by atoms with Crippen LogP contribution in [0.1, 0.15) is 45.6 Å². The molecule has 3 N–H and O–H groups in total. The van der Waals surface area contributed by atoms with E-state index >= 15 is 0 Å². The van der Waals surface area contributed by atoms with Gasteiger partial charge in [0.25, 0.3) is 0 Å². The summed E-state index contributed by atoms with van der Waals surface area (Å²) in [5.41, 5.74) is 7.98. The molecule has 1 aromatic carbocycles. The zero-order valence-corrected chi connectivity index (χ0v) is 15.7. The predicted octanol–water partition coefficient (Wildman–Crippen LogP) is 4.33. The molecule has 3 nitrogen and oxygen atoms in total. The van der Waals surface area contributed by atoms with E-state index in [0.717, 1.165) is 18.5 Å². The van der Waals surface area contributed by atoms with Crippen molar-refractivity contribution in [1.29, 1.82) is 0 Å². The van der Waals surface area contributed by atoms with E-state index in [9.17, 15) is 4.79 Å². The van der Waals surface area contributed by atoms with Gasteiger partial charge in [-0.25, -0.2) is 0 Å². The van der Waals surface area contributed by atoms with Gasteiger partial charge in [-0.3, -0.25) is 4.79 Å². The minimum atomic E-state index is 0.0842. The van der Waals surface area contributed by atoms with Crippen molar-refractivity contribution in [3.8, 4) is 0 Å². The molecule has 1 rings (SSSR count). The van der Waals surface area contributed by atoms with Crippen LogP contribution in [0.15, 0.2) is 18.2 Å². The summed E-state index contributed by atoms with van der Waals surface area (Å²) < 4.78 is 1.17. The first-order chi connectivity index (χ1) is 9.74. The van der Waals surface area contributed by atoms with Crippen LogP contribution in [-0.2, 0) is 4.79 Å². The Morgan fingerprint density at radius 3 is 2.52 bits per heavy atom. The number of rotatable bonds is 6. The summed E-state index contributed by atoms with van der Waals surface area (Å²) in [6.07, 6.45) is 2.40. The van der Waals surface area contributed by atoms with Crippen molar-refractivity contribution >= 4 is 34.2 Å². The number of hydrogen-bond acceptors (Lipinski definition) is 2. The van der Waals surface area contributed by atoms with Crippen molar-refractivity contribution in [3.05, 3.63) is 27.3 Å². The lowest BCUT2D eigenvalue weighted by Gasteiger charge is -2.30. The average molecular weight is 402 g/mol. The second kappa shape index (κ2) is 8.13. The van der Waals surface area contributed by atoms with Gasteiger partial charge in [-0.05, 0) is 77.9 Å². The number of aryl methyl sites for hydroxylation is 1. The molecule has 0 radical (unpaired) electrons. The first-order valence-corrected chi connectivity index (χ1v) is 8.58. The third-order valence-corrected chi connectivity index (χ3v) is 5.08. The van der Waals surface area contributed by atoms with Crippen LogP contribution in [0.25, 0.3) is 0 Å². The standard InChI is InChI=1S/C17H27IN2O/c1-12-5-7-14(11-15(12)18)20-16(21)8-6-13(9-10-19)17(2,3)4/h5,7,11,13H,6,8-10,19H2,1-4H3,(H,20,21). The quantitative estimate of drug-likeness (QED) is 0.696. The Balaban J connectivity index is 2.54. The normalized spacial score (nSPS) is 13.0. The van der Waals surface area contributed by atoms with Gasteiger partial charge in [0.15, 0.2) is 0 Å². The van der Waals surface area contributed by atoms with Crippen LogP contribution >= 0.6 is 22.6 Å². The molecule has 0 aliphatic heterocycles. The van der Waals surface area contributed by atoms with Crippen LogP contribution in [0.3, 0.4) is 0 Å². The molecule has 0 aromatic heterocycles. The van der Waals surface area contributed by atoms with Crippen LogP contribution in [0.2, 0.25) is 0 Å². The molecule has 0 saturated heterocycles. The molecule has 118 valence electrons. The largest absolute Gasteiger partial charge is 0.330 e. The van der Waals surface area contributed by atoms with Gasteiger partial charge in [-0.1, -0.05) is 26.8 Å². The lowest BCUT2D eigenvalue weighted by Crippen LogP contribution is -2.25. The molecule has 0 spiro atoms. The maximum absolute atomic E-state index is 12.1. The van der Waals surface area contributed by atoms with Crippen LogP contribution in [0.4, 0.5) is 5.69 Å². The maximum Gasteiger partial charge on any atom is 0.224 e. The molecule has 4 heteroatoms. The van der Waals surface area contributed by atoms with E-state index in [-0.39, 0.29) is 11.3 Å². The Hall–Kier alpha value is -0.620. The molecule has 1 unspecified atom stereocenters. The number of nitrogens with one attached hydrogen (secondary N) is 1. The minimum absolute atomic E-state index is 0.0842. The van der Waals surface area contributed by atoms with Gasteiger partial charge in [0.05, 0.1) is 0 Å². The van der Waals surface area contributed by atoms with Crippen LogP contribution in [-0.4, -0.2) is 12.5 Å². The second-order valence-electron chi connectivity index (χ2n) is 6.69. The summed E-state index contributed by atoms with van der Waals surface area (Å²) in [5, 5.41) is 2.98. The predicted molar refractivity (Wildman–Crippen MR) is 98.4 cm³/mol.